The molecule has 3 N–H and O–H groups in total. The van der Waals surface area contributed by atoms with Gasteiger partial charge in [-0.2, -0.15) is 0 Å². The topological polar surface area (TPSA) is 69.6 Å². The van der Waals surface area contributed by atoms with Gasteiger partial charge in [-0.1, -0.05) is 26.2 Å². The van der Waals surface area contributed by atoms with Crippen LogP contribution < -0.4 is 5.32 Å². The molecule has 1 fully saturated rings. The normalized spacial score (nSPS) is 21.4. The number of rotatable bonds is 5. The maximum atomic E-state index is 11.6. The van der Waals surface area contributed by atoms with Crippen molar-refractivity contribution in [2.24, 2.45) is 5.92 Å². The van der Waals surface area contributed by atoms with Gasteiger partial charge in [-0.25, -0.2) is 0 Å². The Kier molecular flexibility index (Phi) is 5.22. The minimum Gasteiger partial charge on any atom is -0.396 e. The Morgan fingerprint density at radius 1 is 1.38 bits per heavy atom. The lowest BCUT2D eigenvalue weighted by molar-refractivity contribution is -0.127. The second-order valence-electron chi connectivity index (χ2n) is 5.05. The minimum atomic E-state index is -0.787. The molecule has 0 bridgehead atoms. The molecule has 94 valence electrons. The van der Waals surface area contributed by atoms with Crippen LogP contribution in [-0.2, 0) is 4.79 Å². The van der Waals surface area contributed by atoms with E-state index < -0.39 is 5.60 Å². The summed E-state index contributed by atoms with van der Waals surface area (Å²) < 4.78 is 0. The molecule has 1 rings (SSSR count). The summed E-state index contributed by atoms with van der Waals surface area (Å²) in [6.07, 6.45) is 4.84. The molecule has 1 aliphatic carbocycles. The first kappa shape index (κ1) is 13.5. The molecule has 1 saturated carbocycles. The molecule has 0 saturated heterocycles. The third-order valence-electron chi connectivity index (χ3n) is 3.23. The molecule has 0 aromatic rings. The summed E-state index contributed by atoms with van der Waals surface area (Å²) in [7, 11) is 0. The second-order valence-corrected chi connectivity index (χ2v) is 5.05. The quantitative estimate of drug-likeness (QED) is 0.653. The highest BCUT2D eigenvalue weighted by molar-refractivity contribution is 5.77. The van der Waals surface area contributed by atoms with Crippen molar-refractivity contribution < 1.29 is 15.0 Å². The first-order valence-electron chi connectivity index (χ1n) is 6.16. The highest BCUT2D eigenvalue weighted by Gasteiger charge is 2.31. The van der Waals surface area contributed by atoms with E-state index >= 15 is 0 Å². The molecule has 1 atom stereocenters. The number of hydrogen-bond acceptors (Lipinski definition) is 3. The second kappa shape index (κ2) is 6.21. The van der Waals surface area contributed by atoms with Gasteiger partial charge in [0.2, 0.25) is 5.91 Å². The molecule has 0 aromatic heterocycles. The molecule has 0 aromatic carbocycles. The van der Waals surface area contributed by atoms with Gasteiger partial charge in [0.15, 0.2) is 0 Å². The average molecular weight is 229 g/mol. The number of aliphatic hydroxyl groups is 2. The van der Waals surface area contributed by atoms with Gasteiger partial charge < -0.3 is 15.5 Å². The van der Waals surface area contributed by atoms with Crippen LogP contribution >= 0.6 is 0 Å². The largest absolute Gasteiger partial charge is 0.396 e. The smallest absolute Gasteiger partial charge is 0.222 e. The lowest BCUT2D eigenvalue weighted by Gasteiger charge is -2.31. The predicted octanol–water partition coefficient (Wildman–Crippen LogP) is 0.816. The summed E-state index contributed by atoms with van der Waals surface area (Å²) in [6, 6.07) is 0. The van der Waals surface area contributed by atoms with Crippen LogP contribution in [0, 0.1) is 5.92 Å². The average Bonchev–Trinajstić information content (AvgIpc) is 2.26. The van der Waals surface area contributed by atoms with Crippen molar-refractivity contribution in [3.63, 3.8) is 0 Å². The van der Waals surface area contributed by atoms with Crippen molar-refractivity contribution in [3.8, 4) is 0 Å². The van der Waals surface area contributed by atoms with Crippen LogP contribution in [-0.4, -0.2) is 34.9 Å². The van der Waals surface area contributed by atoms with E-state index in [0.29, 0.717) is 6.54 Å². The third kappa shape index (κ3) is 4.49. The third-order valence-corrected chi connectivity index (χ3v) is 3.23. The van der Waals surface area contributed by atoms with E-state index in [1.807, 2.05) is 6.92 Å². The number of amides is 1. The molecular formula is C12H23NO3. The molecule has 0 heterocycles. The minimum absolute atomic E-state index is 0.0740. The Morgan fingerprint density at radius 2 is 2.00 bits per heavy atom. The van der Waals surface area contributed by atoms with Gasteiger partial charge in [0.1, 0.15) is 0 Å². The summed E-state index contributed by atoms with van der Waals surface area (Å²) >= 11 is 0. The zero-order chi connectivity index (χ0) is 12.0. The summed E-state index contributed by atoms with van der Waals surface area (Å²) in [4.78, 5) is 11.6. The molecule has 4 nitrogen and oxygen atoms in total. The van der Waals surface area contributed by atoms with Crippen molar-refractivity contribution in [3.05, 3.63) is 0 Å². The molecule has 1 unspecified atom stereocenters. The Balaban J connectivity index is 2.27. The van der Waals surface area contributed by atoms with Gasteiger partial charge in [-0.05, 0) is 18.8 Å². The number of nitrogens with one attached hydrogen (secondary N) is 1. The van der Waals surface area contributed by atoms with E-state index in [4.69, 9.17) is 5.11 Å². The van der Waals surface area contributed by atoms with Gasteiger partial charge in [0.05, 0.1) is 12.0 Å². The van der Waals surface area contributed by atoms with E-state index in [-0.39, 0.29) is 24.9 Å². The predicted molar refractivity (Wildman–Crippen MR) is 61.9 cm³/mol. The van der Waals surface area contributed by atoms with E-state index in [9.17, 15) is 9.90 Å². The van der Waals surface area contributed by atoms with Gasteiger partial charge in [-0.15, -0.1) is 0 Å². The van der Waals surface area contributed by atoms with Crippen LogP contribution in [0.1, 0.15) is 45.4 Å². The maximum Gasteiger partial charge on any atom is 0.222 e. The molecule has 16 heavy (non-hydrogen) atoms. The van der Waals surface area contributed by atoms with Crippen LogP contribution in [0.25, 0.3) is 0 Å². The SMILES string of the molecule is CC(CO)CNC(=O)CC1(O)CCCCC1. The first-order valence-corrected chi connectivity index (χ1v) is 6.16. The fourth-order valence-corrected chi connectivity index (χ4v) is 2.10. The fourth-order valence-electron chi connectivity index (χ4n) is 2.10. The lowest BCUT2D eigenvalue weighted by Crippen LogP contribution is -2.39. The van der Waals surface area contributed by atoms with E-state index in [2.05, 4.69) is 5.32 Å². The van der Waals surface area contributed by atoms with Crippen molar-refractivity contribution >= 4 is 5.91 Å². The summed E-state index contributed by atoms with van der Waals surface area (Å²) in [6.45, 7) is 2.42. The molecular weight excluding hydrogens is 206 g/mol. The summed E-state index contributed by atoms with van der Waals surface area (Å²) in [5.74, 6) is -0.0327. The number of hydrogen-bond donors (Lipinski definition) is 3. The van der Waals surface area contributed by atoms with Gasteiger partial charge in [0, 0.05) is 13.2 Å². The first-order chi connectivity index (χ1) is 7.56. The van der Waals surface area contributed by atoms with Crippen LogP contribution in [0.5, 0.6) is 0 Å². The molecule has 0 spiro atoms. The number of carbonyl (C=O) groups is 1. The molecule has 0 radical (unpaired) electrons. The van der Waals surface area contributed by atoms with Gasteiger partial charge in [0.25, 0.3) is 0 Å². The van der Waals surface area contributed by atoms with Crippen LogP contribution in [0.4, 0.5) is 0 Å². The molecule has 1 aliphatic rings. The number of aliphatic hydroxyl groups excluding tert-OH is 1. The van der Waals surface area contributed by atoms with Crippen molar-refractivity contribution in [1.29, 1.82) is 0 Å². The fraction of sp³-hybridized carbons (Fsp3) is 0.917. The zero-order valence-electron chi connectivity index (χ0n) is 10.0. The van der Waals surface area contributed by atoms with Crippen molar-refractivity contribution in [2.45, 2.75) is 51.0 Å². The Bertz CT molecular complexity index is 224. The zero-order valence-corrected chi connectivity index (χ0v) is 10.0. The summed E-state index contributed by atoms with van der Waals surface area (Å²) in [5, 5.41) is 21.7. The highest BCUT2D eigenvalue weighted by atomic mass is 16.3. The van der Waals surface area contributed by atoms with Crippen molar-refractivity contribution in [2.75, 3.05) is 13.2 Å². The van der Waals surface area contributed by atoms with Gasteiger partial charge in [-0.3, -0.25) is 4.79 Å². The summed E-state index contributed by atoms with van der Waals surface area (Å²) in [5.41, 5.74) is -0.787. The molecule has 1 amide bonds. The lowest BCUT2D eigenvalue weighted by atomic mass is 9.82. The van der Waals surface area contributed by atoms with Crippen LogP contribution in [0.3, 0.4) is 0 Å². The Morgan fingerprint density at radius 3 is 2.56 bits per heavy atom. The molecule has 4 heteroatoms. The standard InChI is InChI=1S/C12H23NO3/c1-10(9-14)8-13-11(15)7-12(16)5-3-2-4-6-12/h10,14,16H,2-9H2,1H3,(H,13,15). The molecule has 0 aliphatic heterocycles. The van der Waals surface area contributed by atoms with E-state index in [1.54, 1.807) is 0 Å². The van der Waals surface area contributed by atoms with Crippen LogP contribution in [0.15, 0.2) is 0 Å². The van der Waals surface area contributed by atoms with Crippen LogP contribution in [0.2, 0.25) is 0 Å². The maximum absolute atomic E-state index is 11.6. The highest BCUT2D eigenvalue weighted by Crippen LogP contribution is 2.30. The van der Waals surface area contributed by atoms with Gasteiger partial charge >= 0.3 is 0 Å². The Labute approximate surface area is 97.0 Å². The monoisotopic (exact) mass is 229 g/mol. The Hall–Kier alpha value is -0.610. The van der Waals surface area contributed by atoms with E-state index in [0.717, 1.165) is 32.1 Å². The number of carbonyl (C=O) groups excluding carboxylic acids is 1. The van der Waals surface area contributed by atoms with E-state index in [1.165, 1.54) is 0 Å². The van der Waals surface area contributed by atoms with Crippen molar-refractivity contribution in [1.82, 2.24) is 5.32 Å².